The Morgan fingerprint density at radius 1 is 0.933 bits per heavy atom. The Bertz CT molecular complexity index is 969. The molecule has 1 atom stereocenters. The molecule has 0 radical (unpaired) electrons. The van der Waals surface area contributed by atoms with Gasteiger partial charge in [-0.1, -0.05) is 48.9 Å². The molecule has 0 unspecified atom stereocenters. The first-order valence-electron chi connectivity index (χ1n) is 10.1. The lowest BCUT2D eigenvalue weighted by molar-refractivity contribution is -0.139. The molecule has 0 bridgehead atoms. The van der Waals surface area contributed by atoms with Gasteiger partial charge in [0.1, 0.15) is 0 Å². The molecule has 3 rings (SSSR count). The Labute approximate surface area is 177 Å². The van der Waals surface area contributed by atoms with E-state index in [1.807, 2.05) is 37.3 Å². The molecule has 1 heterocycles. The number of piperidine rings is 1. The average Bonchev–Trinajstić information content (AvgIpc) is 2.78. The van der Waals surface area contributed by atoms with Crippen molar-refractivity contribution in [3.8, 4) is 0 Å². The van der Waals surface area contributed by atoms with Gasteiger partial charge in [0.2, 0.25) is 10.0 Å². The van der Waals surface area contributed by atoms with E-state index in [-0.39, 0.29) is 17.5 Å². The lowest BCUT2D eigenvalue weighted by Crippen LogP contribution is -2.40. The Kier molecular flexibility index (Phi) is 7.23. The number of sulfonamides is 1. The van der Waals surface area contributed by atoms with Crippen LogP contribution in [0.2, 0.25) is 0 Å². The number of benzene rings is 2. The topological polar surface area (TPSA) is 95.6 Å². The lowest BCUT2D eigenvalue weighted by atomic mass is 10.1. The second-order valence-corrected chi connectivity index (χ2v) is 9.34. The van der Waals surface area contributed by atoms with Gasteiger partial charge in [-0.05, 0) is 43.0 Å². The monoisotopic (exact) mass is 429 g/mol. The molecule has 8 heteroatoms. The van der Waals surface area contributed by atoms with Crippen molar-refractivity contribution in [3.63, 3.8) is 0 Å². The third kappa shape index (κ3) is 5.46. The van der Waals surface area contributed by atoms with E-state index in [0.29, 0.717) is 18.7 Å². The Morgan fingerprint density at radius 3 is 2.20 bits per heavy atom. The van der Waals surface area contributed by atoms with Gasteiger partial charge in [0.25, 0.3) is 0 Å². The van der Waals surface area contributed by atoms with Crippen molar-refractivity contribution in [1.29, 1.82) is 0 Å². The highest BCUT2D eigenvalue weighted by Gasteiger charge is 2.25. The van der Waals surface area contributed by atoms with Crippen molar-refractivity contribution in [2.24, 2.45) is 0 Å². The van der Waals surface area contributed by atoms with E-state index in [1.54, 1.807) is 24.3 Å². The first kappa shape index (κ1) is 22.0. The normalized spacial score (nSPS) is 15.9. The summed E-state index contributed by atoms with van der Waals surface area (Å²) in [5.74, 6) is -1.45. The van der Waals surface area contributed by atoms with Crippen LogP contribution in [0.1, 0.15) is 43.4 Å². The summed E-state index contributed by atoms with van der Waals surface area (Å²) in [6.07, 6.45) is 2.82. The summed E-state index contributed by atoms with van der Waals surface area (Å²) < 4.78 is 26.9. The van der Waals surface area contributed by atoms with Gasteiger partial charge in [-0.15, -0.1) is 0 Å². The SMILES string of the molecule is C[C@H](NC(=O)C(=O)NCc1ccc(S(=O)(=O)N2CCCCC2)cc1)c1ccccc1. The van der Waals surface area contributed by atoms with Crippen molar-refractivity contribution >= 4 is 21.8 Å². The fraction of sp³-hybridized carbons (Fsp3) is 0.364. The predicted octanol–water partition coefficient (Wildman–Crippen LogP) is 2.35. The van der Waals surface area contributed by atoms with Gasteiger partial charge in [0, 0.05) is 19.6 Å². The van der Waals surface area contributed by atoms with Gasteiger partial charge < -0.3 is 10.6 Å². The number of carbonyl (C=O) groups is 2. The van der Waals surface area contributed by atoms with E-state index in [4.69, 9.17) is 0 Å². The molecule has 2 aromatic rings. The van der Waals surface area contributed by atoms with E-state index in [2.05, 4.69) is 10.6 Å². The number of carbonyl (C=O) groups excluding carboxylic acids is 2. The van der Waals surface area contributed by atoms with Crippen LogP contribution in [0.5, 0.6) is 0 Å². The summed E-state index contributed by atoms with van der Waals surface area (Å²) in [7, 11) is -3.48. The quantitative estimate of drug-likeness (QED) is 0.689. The maximum Gasteiger partial charge on any atom is 0.309 e. The minimum absolute atomic E-state index is 0.135. The maximum absolute atomic E-state index is 12.7. The van der Waals surface area contributed by atoms with Gasteiger partial charge in [-0.2, -0.15) is 4.31 Å². The number of rotatable bonds is 6. The number of nitrogens with one attached hydrogen (secondary N) is 2. The molecule has 0 aliphatic carbocycles. The zero-order valence-corrected chi connectivity index (χ0v) is 17.8. The average molecular weight is 430 g/mol. The van der Waals surface area contributed by atoms with Gasteiger partial charge in [0.05, 0.1) is 10.9 Å². The number of hydrogen-bond acceptors (Lipinski definition) is 4. The predicted molar refractivity (Wildman–Crippen MR) is 114 cm³/mol. The van der Waals surface area contributed by atoms with E-state index in [0.717, 1.165) is 24.8 Å². The van der Waals surface area contributed by atoms with E-state index in [9.17, 15) is 18.0 Å². The summed E-state index contributed by atoms with van der Waals surface area (Å²) in [4.78, 5) is 24.4. The molecule has 1 aliphatic rings. The van der Waals surface area contributed by atoms with Crippen molar-refractivity contribution < 1.29 is 18.0 Å². The van der Waals surface area contributed by atoms with Crippen molar-refractivity contribution in [2.75, 3.05) is 13.1 Å². The van der Waals surface area contributed by atoms with Crippen LogP contribution >= 0.6 is 0 Å². The Hall–Kier alpha value is -2.71. The molecular formula is C22H27N3O4S. The molecule has 1 fully saturated rings. The first-order valence-corrected chi connectivity index (χ1v) is 11.5. The van der Waals surface area contributed by atoms with E-state index in [1.165, 1.54) is 4.31 Å². The largest absolute Gasteiger partial charge is 0.344 e. The lowest BCUT2D eigenvalue weighted by Gasteiger charge is -2.25. The van der Waals surface area contributed by atoms with Gasteiger partial charge in [0.15, 0.2) is 0 Å². The van der Waals surface area contributed by atoms with Crippen LogP contribution in [0.15, 0.2) is 59.5 Å². The maximum atomic E-state index is 12.7. The molecule has 30 heavy (non-hydrogen) atoms. The number of amides is 2. The fourth-order valence-electron chi connectivity index (χ4n) is 3.38. The highest BCUT2D eigenvalue weighted by atomic mass is 32.2. The van der Waals surface area contributed by atoms with E-state index >= 15 is 0 Å². The van der Waals surface area contributed by atoms with Crippen LogP contribution in [-0.2, 0) is 26.2 Å². The smallest absolute Gasteiger partial charge is 0.309 e. The summed E-state index contributed by atoms with van der Waals surface area (Å²) in [6, 6.07) is 15.5. The van der Waals surface area contributed by atoms with Gasteiger partial charge in [-0.3, -0.25) is 9.59 Å². The summed E-state index contributed by atoms with van der Waals surface area (Å²) in [6.45, 7) is 3.05. The second-order valence-electron chi connectivity index (χ2n) is 7.40. The van der Waals surface area contributed by atoms with Crippen molar-refractivity contribution in [1.82, 2.24) is 14.9 Å². The molecule has 160 valence electrons. The molecular weight excluding hydrogens is 402 g/mol. The minimum atomic E-state index is -3.48. The van der Waals surface area contributed by atoms with Crippen LogP contribution in [0, 0.1) is 0 Å². The molecule has 0 saturated carbocycles. The molecule has 7 nitrogen and oxygen atoms in total. The highest BCUT2D eigenvalue weighted by molar-refractivity contribution is 7.89. The van der Waals surface area contributed by atoms with E-state index < -0.39 is 21.8 Å². The third-order valence-corrected chi connectivity index (χ3v) is 7.10. The fourth-order valence-corrected chi connectivity index (χ4v) is 4.90. The summed E-state index contributed by atoms with van der Waals surface area (Å²) >= 11 is 0. The Balaban J connectivity index is 1.53. The van der Waals surface area contributed by atoms with Crippen LogP contribution in [-0.4, -0.2) is 37.6 Å². The molecule has 2 aromatic carbocycles. The summed E-state index contributed by atoms with van der Waals surface area (Å²) in [5.41, 5.74) is 1.62. The van der Waals surface area contributed by atoms with Crippen LogP contribution in [0.25, 0.3) is 0 Å². The molecule has 2 N–H and O–H groups in total. The molecule has 0 spiro atoms. The molecule has 1 aliphatic heterocycles. The Morgan fingerprint density at radius 2 is 1.57 bits per heavy atom. The zero-order valence-electron chi connectivity index (χ0n) is 17.0. The minimum Gasteiger partial charge on any atom is -0.344 e. The zero-order chi connectivity index (χ0) is 21.6. The molecule has 2 amide bonds. The highest BCUT2D eigenvalue weighted by Crippen LogP contribution is 2.20. The second kappa shape index (κ2) is 9.86. The van der Waals surface area contributed by atoms with Crippen LogP contribution in [0.4, 0.5) is 0 Å². The molecule has 1 saturated heterocycles. The van der Waals surface area contributed by atoms with Gasteiger partial charge >= 0.3 is 11.8 Å². The summed E-state index contributed by atoms with van der Waals surface area (Å²) in [5, 5.41) is 5.23. The van der Waals surface area contributed by atoms with Crippen LogP contribution < -0.4 is 10.6 Å². The van der Waals surface area contributed by atoms with Crippen LogP contribution in [0.3, 0.4) is 0 Å². The molecule has 0 aromatic heterocycles. The van der Waals surface area contributed by atoms with Crippen molar-refractivity contribution in [3.05, 3.63) is 65.7 Å². The number of hydrogen-bond donors (Lipinski definition) is 2. The third-order valence-electron chi connectivity index (χ3n) is 5.18. The first-order chi connectivity index (χ1) is 14.4. The van der Waals surface area contributed by atoms with Crippen molar-refractivity contribution in [2.45, 2.75) is 43.7 Å². The standard InChI is InChI=1S/C22H27N3O4S/c1-17(19-8-4-2-5-9-19)24-22(27)21(26)23-16-18-10-12-20(13-11-18)30(28,29)25-14-6-3-7-15-25/h2,4-5,8-13,17H,3,6-7,14-16H2,1H3,(H,23,26)(H,24,27)/t17-/m0/s1. The number of nitrogens with zero attached hydrogens (tertiary/aromatic N) is 1. The van der Waals surface area contributed by atoms with Gasteiger partial charge in [-0.25, -0.2) is 8.42 Å².